The summed E-state index contributed by atoms with van der Waals surface area (Å²) in [5.41, 5.74) is 0. The first-order valence-electron chi connectivity index (χ1n) is 3.21. The molecule has 0 spiro atoms. The zero-order chi connectivity index (χ0) is 12.3. The van der Waals surface area contributed by atoms with E-state index in [1.165, 1.54) is 0 Å². The summed E-state index contributed by atoms with van der Waals surface area (Å²) in [6.45, 7) is 0. The molecule has 0 aliphatic heterocycles. The van der Waals surface area contributed by atoms with Gasteiger partial charge in [0.1, 0.15) is 0 Å². The van der Waals surface area contributed by atoms with E-state index in [0.717, 1.165) is 0 Å². The molecule has 0 heterocycles. The zero-order valence-electron chi connectivity index (χ0n) is 6.75. The third kappa shape index (κ3) is 6.33. The number of hydrogen-bond donors (Lipinski definition) is 0. The summed E-state index contributed by atoms with van der Waals surface area (Å²) in [6, 6.07) is 0. The molecule has 0 nitrogen and oxygen atoms in total. The normalized spacial score (nSPS) is 14.4. The summed E-state index contributed by atoms with van der Waals surface area (Å²) < 4.78 is 93.1. The van der Waals surface area contributed by atoms with E-state index in [-0.39, 0.29) is 21.6 Å². The number of alkyl halides is 8. The Hall–Kier alpha value is 0.140. The molecule has 0 rings (SSSR count). The van der Waals surface area contributed by atoms with Gasteiger partial charge in [0, 0.05) is 0 Å². The molecule has 0 radical (unpaired) electrons. The van der Waals surface area contributed by atoms with Crippen LogP contribution in [0.25, 0.3) is 0 Å². The SMILES string of the molecule is FC(F)(F)CSSCC(F)(F)C(F)(F)F. The van der Waals surface area contributed by atoms with Crippen molar-refractivity contribution in [3.05, 3.63) is 0 Å². The molecular weight excluding hydrogens is 276 g/mol. The van der Waals surface area contributed by atoms with E-state index in [2.05, 4.69) is 0 Å². The molecule has 0 saturated heterocycles. The number of rotatable bonds is 4. The van der Waals surface area contributed by atoms with E-state index in [4.69, 9.17) is 0 Å². The van der Waals surface area contributed by atoms with Crippen LogP contribution in [0.15, 0.2) is 0 Å². The molecule has 0 aromatic carbocycles. The molecule has 0 aromatic heterocycles. The third-order valence-corrected chi connectivity index (χ3v) is 3.26. The largest absolute Gasteiger partial charge is 0.454 e. The Labute approximate surface area is 87.2 Å². The van der Waals surface area contributed by atoms with Crippen molar-refractivity contribution in [2.24, 2.45) is 0 Å². The lowest BCUT2D eigenvalue weighted by Gasteiger charge is -2.18. The van der Waals surface area contributed by atoms with Gasteiger partial charge in [-0.15, -0.1) is 0 Å². The molecule has 92 valence electrons. The van der Waals surface area contributed by atoms with Crippen LogP contribution in [-0.2, 0) is 0 Å². The standard InChI is InChI=1S/C5H4F8S2/c6-3(7,5(11,12)13)1-14-15-2-4(8,9)10/h1-2H2. The van der Waals surface area contributed by atoms with Crippen molar-refractivity contribution >= 4 is 21.6 Å². The molecule has 0 N–H and O–H groups in total. The van der Waals surface area contributed by atoms with Crippen LogP contribution < -0.4 is 0 Å². The van der Waals surface area contributed by atoms with Crippen molar-refractivity contribution in [3.63, 3.8) is 0 Å². The van der Waals surface area contributed by atoms with Crippen LogP contribution in [-0.4, -0.2) is 29.8 Å². The predicted octanol–water partition coefficient (Wildman–Crippen LogP) is 4.13. The first-order chi connectivity index (χ1) is 6.46. The molecule has 0 saturated carbocycles. The minimum Gasteiger partial charge on any atom is -0.195 e. The fraction of sp³-hybridized carbons (Fsp3) is 1.00. The maximum Gasteiger partial charge on any atom is 0.454 e. The van der Waals surface area contributed by atoms with Gasteiger partial charge in [0.25, 0.3) is 0 Å². The van der Waals surface area contributed by atoms with Crippen molar-refractivity contribution < 1.29 is 35.1 Å². The van der Waals surface area contributed by atoms with Crippen LogP contribution in [0.4, 0.5) is 35.1 Å². The molecule has 0 atom stereocenters. The van der Waals surface area contributed by atoms with Crippen LogP contribution in [0.3, 0.4) is 0 Å². The number of hydrogen-bond acceptors (Lipinski definition) is 2. The molecule has 0 fully saturated rings. The van der Waals surface area contributed by atoms with Crippen LogP contribution in [0.2, 0.25) is 0 Å². The first-order valence-corrected chi connectivity index (χ1v) is 5.70. The Kier molecular flexibility index (Phi) is 5.03. The fourth-order valence-electron chi connectivity index (χ4n) is 0.306. The fourth-order valence-corrected chi connectivity index (χ4v) is 2.26. The van der Waals surface area contributed by atoms with Crippen molar-refractivity contribution in [2.45, 2.75) is 18.3 Å². The van der Waals surface area contributed by atoms with Gasteiger partial charge in [0.15, 0.2) is 0 Å². The second-order valence-corrected chi connectivity index (χ2v) is 4.80. The first kappa shape index (κ1) is 15.1. The van der Waals surface area contributed by atoms with Crippen molar-refractivity contribution in [2.75, 3.05) is 11.5 Å². The highest BCUT2D eigenvalue weighted by molar-refractivity contribution is 8.76. The summed E-state index contributed by atoms with van der Waals surface area (Å²) >= 11 is 0. The van der Waals surface area contributed by atoms with Gasteiger partial charge in [-0.25, -0.2) is 0 Å². The molecule has 0 bridgehead atoms. The monoisotopic (exact) mass is 280 g/mol. The molecule has 0 amide bonds. The Balaban J connectivity index is 3.87. The molecule has 0 aliphatic rings. The van der Waals surface area contributed by atoms with Crippen LogP contribution in [0.5, 0.6) is 0 Å². The summed E-state index contributed by atoms with van der Waals surface area (Å²) in [4.78, 5) is 0. The summed E-state index contributed by atoms with van der Waals surface area (Å²) in [5, 5.41) is 0. The van der Waals surface area contributed by atoms with Crippen LogP contribution in [0, 0.1) is 0 Å². The summed E-state index contributed by atoms with van der Waals surface area (Å²) in [5.74, 6) is -8.15. The number of halogens is 8. The molecular formula is C5H4F8S2. The van der Waals surface area contributed by atoms with Gasteiger partial charge in [0.2, 0.25) is 0 Å². The summed E-state index contributed by atoms with van der Waals surface area (Å²) in [6.07, 6.45) is -10.3. The zero-order valence-corrected chi connectivity index (χ0v) is 8.39. The smallest absolute Gasteiger partial charge is 0.195 e. The highest BCUT2D eigenvalue weighted by Gasteiger charge is 2.57. The average Bonchev–Trinajstić information content (AvgIpc) is 1.94. The van der Waals surface area contributed by atoms with Gasteiger partial charge in [-0.2, -0.15) is 35.1 Å². The summed E-state index contributed by atoms with van der Waals surface area (Å²) in [7, 11) is -0.245. The molecule has 0 aliphatic carbocycles. The van der Waals surface area contributed by atoms with Crippen LogP contribution >= 0.6 is 21.6 Å². The van der Waals surface area contributed by atoms with E-state index >= 15 is 0 Å². The topological polar surface area (TPSA) is 0 Å². The van der Waals surface area contributed by atoms with E-state index in [0.29, 0.717) is 0 Å². The maximum absolute atomic E-state index is 12.1. The molecule has 10 heteroatoms. The van der Waals surface area contributed by atoms with Gasteiger partial charge >= 0.3 is 18.3 Å². The van der Waals surface area contributed by atoms with E-state index < -0.39 is 29.8 Å². The van der Waals surface area contributed by atoms with E-state index in [1.807, 2.05) is 0 Å². The van der Waals surface area contributed by atoms with Gasteiger partial charge < -0.3 is 0 Å². The molecule has 0 aromatic rings. The predicted molar refractivity (Wildman–Crippen MR) is 42.0 cm³/mol. The van der Waals surface area contributed by atoms with Crippen molar-refractivity contribution in [1.29, 1.82) is 0 Å². The Morgan fingerprint density at radius 3 is 1.40 bits per heavy atom. The molecule has 0 unspecified atom stereocenters. The van der Waals surface area contributed by atoms with Gasteiger partial charge in [-0.1, -0.05) is 21.6 Å². The second kappa shape index (κ2) is 4.98. The quantitative estimate of drug-likeness (QED) is 0.431. The Bertz CT molecular complexity index is 194. The molecule has 15 heavy (non-hydrogen) atoms. The van der Waals surface area contributed by atoms with E-state index in [9.17, 15) is 35.1 Å². The lowest BCUT2D eigenvalue weighted by Crippen LogP contribution is -2.38. The minimum atomic E-state index is -5.72. The lowest BCUT2D eigenvalue weighted by atomic mass is 10.4. The minimum absolute atomic E-state index is 0.0852. The second-order valence-electron chi connectivity index (χ2n) is 2.34. The van der Waals surface area contributed by atoms with Crippen molar-refractivity contribution in [1.82, 2.24) is 0 Å². The van der Waals surface area contributed by atoms with Crippen LogP contribution in [0.1, 0.15) is 0 Å². The highest BCUT2D eigenvalue weighted by atomic mass is 33.1. The maximum atomic E-state index is 12.1. The van der Waals surface area contributed by atoms with Gasteiger partial charge in [0.05, 0.1) is 11.5 Å². The van der Waals surface area contributed by atoms with Gasteiger partial charge in [-0.05, 0) is 0 Å². The van der Waals surface area contributed by atoms with Gasteiger partial charge in [-0.3, -0.25) is 0 Å². The lowest BCUT2D eigenvalue weighted by molar-refractivity contribution is -0.270. The average molecular weight is 280 g/mol. The highest BCUT2D eigenvalue weighted by Crippen LogP contribution is 2.41. The van der Waals surface area contributed by atoms with Crippen molar-refractivity contribution in [3.8, 4) is 0 Å². The Morgan fingerprint density at radius 1 is 0.667 bits per heavy atom. The van der Waals surface area contributed by atoms with E-state index in [1.54, 1.807) is 0 Å². The third-order valence-electron chi connectivity index (χ3n) is 0.961. The Morgan fingerprint density at radius 2 is 1.07 bits per heavy atom.